The lowest BCUT2D eigenvalue weighted by Gasteiger charge is -2.17. The minimum absolute atomic E-state index is 0.139. The molecule has 104 valence electrons. The number of benzene rings is 2. The maximum atomic E-state index is 5.90. The van der Waals surface area contributed by atoms with Crippen molar-refractivity contribution >= 4 is 21.5 Å². The van der Waals surface area contributed by atoms with Crippen molar-refractivity contribution in [1.82, 2.24) is 0 Å². The highest BCUT2D eigenvalue weighted by Gasteiger charge is 2.12. The van der Waals surface area contributed by atoms with Crippen LogP contribution in [0.3, 0.4) is 0 Å². The lowest BCUT2D eigenvalue weighted by Crippen LogP contribution is -2.07. The summed E-state index contributed by atoms with van der Waals surface area (Å²) in [6.45, 7) is 10.4. The molecule has 0 unspecified atom stereocenters. The third-order valence-electron chi connectivity index (χ3n) is 3.10. The molecule has 0 fully saturated rings. The van der Waals surface area contributed by atoms with Gasteiger partial charge in [0.25, 0.3) is 0 Å². The van der Waals surface area contributed by atoms with E-state index in [2.05, 4.69) is 47.6 Å². The van der Waals surface area contributed by atoms with Crippen molar-refractivity contribution in [2.24, 2.45) is 0 Å². The zero-order valence-corrected chi connectivity index (χ0v) is 13.7. The van der Waals surface area contributed by atoms with E-state index in [1.54, 1.807) is 0 Å². The highest BCUT2D eigenvalue weighted by Crippen LogP contribution is 2.34. The fourth-order valence-corrected chi connectivity index (χ4v) is 2.51. The smallest absolute Gasteiger partial charge is 0.127 e. The van der Waals surface area contributed by atoms with Crippen LogP contribution in [0, 0.1) is 6.92 Å². The summed E-state index contributed by atoms with van der Waals surface area (Å²) in [4.78, 5) is 0. The predicted molar refractivity (Wildman–Crippen MR) is 89.2 cm³/mol. The molecule has 2 aromatic carbocycles. The average Bonchev–Trinajstić information content (AvgIpc) is 2.40. The lowest BCUT2D eigenvalue weighted by atomic mass is 9.95. The Labute approximate surface area is 129 Å². The third-order valence-corrected chi connectivity index (χ3v) is 3.59. The predicted octanol–water partition coefficient (Wildman–Crippen LogP) is 5.61. The van der Waals surface area contributed by atoms with Gasteiger partial charge in [-0.15, -0.1) is 0 Å². The molecule has 20 heavy (non-hydrogen) atoms. The van der Waals surface area contributed by atoms with Gasteiger partial charge in [-0.25, -0.2) is 0 Å². The van der Waals surface area contributed by atoms with Gasteiger partial charge in [-0.05, 0) is 55.7 Å². The second kappa shape index (κ2) is 6.27. The van der Waals surface area contributed by atoms with Crippen LogP contribution in [-0.2, 0) is 0 Å². The molecule has 0 radical (unpaired) electrons. The summed E-state index contributed by atoms with van der Waals surface area (Å²) in [6, 6.07) is 14.3. The second-order valence-corrected chi connectivity index (χ2v) is 6.02. The Morgan fingerprint density at radius 1 is 1.10 bits per heavy atom. The minimum Gasteiger partial charge on any atom is -0.490 e. The number of hydrogen-bond acceptors (Lipinski definition) is 1. The molecule has 0 saturated heterocycles. The van der Waals surface area contributed by atoms with Crippen molar-refractivity contribution < 1.29 is 4.74 Å². The van der Waals surface area contributed by atoms with Crippen molar-refractivity contribution in [3.05, 3.63) is 70.2 Å². The van der Waals surface area contributed by atoms with Gasteiger partial charge in [-0.1, -0.05) is 46.8 Å². The second-order valence-electron chi connectivity index (χ2n) is 5.10. The third kappa shape index (κ3) is 3.31. The Morgan fingerprint density at radius 2 is 1.80 bits per heavy atom. The van der Waals surface area contributed by atoms with Crippen LogP contribution in [0.2, 0.25) is 0 Å². The molecular weight excluding hydrogens is 312 g/mol. The van der Waals surface area contributed by atoms with E-state index < -0.39 is 0 Å². The lowest BCUT2D eigenvalue weighted by molar-refractivity contribution is 0.242. The van der Waals surface area contributed by atoms with Crippen LogP contribution in [0.1, 0.15) is 30.5 Å². The van der Waals surface area contributed by atoms with Crippen molar-refractivity contribution in [1.29, 1.82) is 0 Å². The van der Waals surface area contributed by atoms with Crippen LogP contribution < -0.4 is 4.74 Å². The van der Waals surface area contributed by atoms with Gasteiger partial charge in [0.15, 0.2) is 0 Å². The molecule has 0 aliphatic carbocycles. The van der Waals surface area contributed by atoms with Crippen LogP contribution in [0.4, 0.5) is 0 Å². The quantitative estimate of drug-likeness (QED) is 0.708. The van der Waals surface area contributed by atoms with Gasteiger partial charge >= 0.3 is 0 Å². The highest BCUT2D eigenvalue weighted by molar-refractivity contribution is 9.10. The zero-order valence-electron chi connectivity index (χ0n) is 12.1. The van der Waals surface area contributed by atoms with E-state index in [0.29, 0.717) is 0 Å². The van der Waals surface area contributed by atoms with E-state index >= 15 is 0 Å². The van der Waals surface area contributed by atoms with E-state index in [4.69, 9.17) is 4.74 Å². The molecule has 0 spiro atoms. The molecule has 0 N–H and O–H groups in total. The first kappa shape index (κ1) is 14.9. The van der Waals surface area contributed by atoms with E-state index in [1.165, 1.54) is 5.56 Å². The molecule has 0 heterocycles. The van der Waals surface area contributed by atoms with Gasteiger partial charge in [0.05, 0.1) is 6.10 Å². The van der Waals surface area contributed by atoms with Crippen molar-refractivity contribution in [2.45, 2.75) is 26.9 Å². The Morgan fingerprint density at radius 3 is 2.45 bits per heavy atom. The molecule has 0 aliphatic heterocycles. The Balaban J connectivity index is 2.48. The van der Waals surface area contributed by atoms with Gasteiger partial charge in [0.2, 0.25) is 0 Å². The molecule has 1 nitrogen and oxygen atoms in total. The Hall–Kier alpha value is -1.54. The number of hydrogen-bond donors (Lipinski definition) is 0. The summed E-state index contributed by atoms with van der Waals surface area (Å²) in [5.74, 6) is 0.872. The van der Waals surface area contributed by atoms with Crippen LogP contribution in [0.15, 0.2) is 53.5 Å². The average molecular weight is 331 g/mol. The standard InChI is InChI=1S/C18H19BrO/c1-12(2)20-18-10-9-15(19)11-17(18)14(4)16-8-6-5-7-13(16)3/h5-12H,4H2,1-3H3. The normalized spacial score (nSPS) is 10.7. The molecule has 2 heteroatoms. The zero-order chi connectivity index (χ0) is 14.7. The van der Waals surface area contributed by atoms with Gasteiger partial charge in [0.1, 0.15) is 5.75 Å². The summed E-state index contributed by atoms with van der Waals surface area (Å²) in [7, 11) is 0. The van der Waals surface area contributed by atoms with Gasteiger partial charge in [-0.2, -0.15) is 0 Å². The summed E-state index contributed by atoms with van der Waals surface area (Å²) >= 11 is 3.53. The number of halogens is 1. The van der Waals surface area contributed by atoms with Crippen molar-refractivity contribution in [3.8, 4) is 5.75 Å². The molecule has 0 atom stereocenters. The monoisotopic (exact) mass is 330 g/mol. The van der Waals surface area contributed by atoms with Crippen LogP contribution in [0.5, 0.6) is 5.75 Å². The maximum Gasteiger partial charge on any atom is 0.127 e. The first-order chi connectivity index (χ1) is 9.49. The van der Waals surface area contributed by atoms with Crippen LogP contribution in [-0.4, -0.2) is 6.10 Å². The topological polar surface area (TPSA) is 9.23 Å². The summed E-state index contributed by atoms with van der Waals surface area (Å²) in [5, 5.41) is 0. The first-order valence-corrected chi connectivity index (χ1v) is 7.50. The Bertz CT molecular complexity index is 629. The summed E-state index contributed by atoms with van der Waals surface area (Å²) in [6.07, 6.45) is 0.139. The van der Waals surface area contributed by atoms with Crippen molar-refractivity contribution in [3.63, 3.8) is 0 Å². The summed E-state index contributed by atoms with van der Waals surface area (Å²) in [5.41, 5.74) is 4.38. The maximum absolute atomic E-state index is 5.90. The SMILES string of the molecule is C=C(c1ccccc1C)c1cc(Br)ccc1OC(C)C. The van der Waals surface area contributed by atoms with E-state index in [-0.39, 0.29) is 6.10 Å². The molecule has 0 aromatic heterocycles. The molecule has 2 aromatic rings. The largest absolute Gasteiger partial charge is 0.490 e. The molecular formula is C18H19BrO. The van der Waals surface area contributed by atoms with Crippen LogP contribution in [0.25, 0.3) is 5.57 Å². The van der Waals surface area contributed by atoms with Crippen LogP contribution >= 0.6 is 15.9 Å². The van der Waals surface area contributed by atoms with E-state index in [1.807, 2.05) is 38.1 Å². The fraction of sp³-hybridized carbons (Fsp3) is 0.222. The number of ether oxygens (including phenoxy) is 1. The van der Waals surface area contributed by atoms with Gasteiger partial charge in [-0.3, -0.25) is 0 Å². The molecule has 0 saturated carbocycles. The fourth-order valence-electron chi connectivity index (χ4n) is 2.15. The van der Waals surface area contributed by atoms with E-state index in [0.717, 1.165) is 26.9 Å². The Kier molecular flexibility index (Phi) is 4.66. The van der Waals surface area contributed by atoms with E-state index in [9.17, 15) is 0 Å². The van der Waals surface area contributed by atoms with Gasteiger partial charge < -0.3 is 4.74 Å². The number of rotatable bonds is 4. The minimum atomic E-state index is 0.139. The highest BCUT2D eigenvalue weighted by atomic mass is 79.9. The molecule has 0 bridgehead atoms. The number of aryl methyl sites for hydroxylation is 1. The molecule has 2 rings (SSSR count). The molecule has 0 aliphatic rings. The first-order valence-electron chi connectivity index (χ1n) is 6.70. The van der Waals surface area contributed by atoms with Gasteiger partial charge in [0, 0.05) is 10.0 Å². The summed E-state index contributed by atoms with van der Waals surface area (Å²) < 4.78 is 6.93. The van der Waals surface area contributed by atoms with Crippen molar-refractivity contribution in [2.75, 3.05) is 0 Å². The molecule has 0 amide bonds.